The highest BCUT2D eigenvalue weighted by molar-refractivity contribution is 7.93. The zero-order valence-corrected chi connectivity index (χ0v) is 9.28. The molecule has 0 saturated heterocycles. The molecule has 6 nitrogen and oxygen atoms in total. The largest absolute Gasteiger partial charge is 0.508 e. The number of aromatic hydroxyl groups is 1. The van der Waals surface area contributed by atoms with Gasteiger partial charge in [0, 0.05) is 6.07 Å². The Bertz CT molecular complexity index is 509. The summed E-state index contributed by atoms with van der Waals surface area (Å²) < 4.78 is 24.5. The Labute approximate surface area is 92.6 Å². The number of aliphatic carboxylic acids is 1. The molecule has 0 aliphatic rings. The fourth-order valence-electron chi connectivity index (χ4n) is 1.05. The van der Waals surface area contributed by atoms with E-state index in [1.807, 2.05) is 4.72 Å². The van der Waals surface area contributed by atoms with Gasteiger partial charge in [-0.2, -0.15) is 0 Å². The molecule has 16 heavy (non-hydrogen) atoms. The van der Waals surface area contributed by atoms with Crippen LogP contribution in [0.15, 0.2) is 18.2 Å². The van der Waals surface area contributed by atoms with Crippen LogP contribution in [0.3, 0.4) is 0 Å². The lowest BCUT2D eigenvalue weighted by atomic mass is 10.2. The van der Waals surface area contributed by atoms with Gasteiger partial charge in [0.25, 0.3) is 0 Å². The molecular weight excluding hydrogens is 234 g/mol. The van der Waals surface area contributed by atoms with Crippen LogP contribution in [0.4, 0.5) is 5.69 Å². The Balaban J connectivity index is 2.88. The number of benzene rings is 1. The zero-order valence-electron chi connectivity index (χ0n) is 8.47. The molecule has 0 unspecified atom stereocenters. The number of carboxylic acids is 1. The van der Waals surface area contributed by atoms with E-state index in [4.69, 9.17) is 5.11 Å². The Morgan fingerprint density at radius 2 is 2.06 bits per heavy atom. The van der Waals surface area contributed by atoms with Crippen LogP contribution in [-0.4, -0.2) is 30.4 Å². The monoisotopic (exact) mass is 245 g/mol. The van der Waals surface area contributed by atoms with Crippen molar-refractivity contribution in [1.82, 2.24) is 0 Å². The van der Waals surface area contributed by atoms with Gasteiger partial charge in [-0.3, -0.25) is 9.52 Å². The van der Waals surface area contributed by atoms with Crippen LogP contribution in [0, 0.1) is 6.92 Å². The van der Waals surface area contributed by atoms with E-state index in [0.29, 0.717) is 5.56 Å². The third kappa shape index (κ3) is 3.43. The van der Waals surface area contributed by atoms with Gasteiger partial charge in [0.05, 0.1) is 5.69 Å². The minimum absolute atomic E-state index is 0.0597. The summed E-state index contributed by atoms with van der Waals surface area (Å²) >= 11 is 0. The number of nitrogens with one attached hydrogen (secondary N) is 1. The second kappa shape index (κ2) is 4.40. The first-order valence-electron chi connectivity index (χ1n) is 4.32. The number of carbonyl (C=O) groups is 1. The first-order chi connectivity index (χ1) is 7.30. The van der Waals surface area contributed by atoms with Gasteiger partial charge in [0.2, 0.25) is 10.0 Å². The second-order valence-corrected chi connectivity index (χ2v) is 4.98. The highest BCUT2D eigenvalue weighted by Crippen LogP contribution is 2.21. The van der Waals surface area contributed by atoms with Crippen molar-refractivity contribution in [2.75, 3.05) is 10.5 Å². The van der Waals surface area contributed by atoms with Crippen LogP contribution in [-0.2, 0) is 14.8 Å². The Morgan fingerprint density at radius 3 is 2.56 bits per heavy atom. The average molecular weight is 245 g/mol. The number of aryl methyl sites for hydroxylation is 1. The summed E-state index contributed by atoms with van der Waals surface area (Å²) in [7, 11) is -3.92. The van der Waals surface area contributed by atoms with Gasteiger partial charge in [0.15, 0.2) is 5.75 Å². The summed E-state index contributed by atoms with van der Waals surface area (Å²) in [6.45, 7) is 1.66. The molecule has 1 rings (SSSR count). The smallest absolute Gasteiger partial charge is 0.320 e. The van der Waals surface area contributed by atoms with Crippen molar-refractivity contribution < 1.29 is 23.4 Å². The van der Waals surface area contributed by atoms with Gasteiger partial charge in [0.1, 0.15) is 5.75 Å². The van der Waals surface area contributed by atoms with Crippen LogP contribution < -0.4 is 4.72 Å². The predicted octanol–water partition coefficient (Wildman–Crippen LogP) is 0.527. The van der Waals surface area contributed by atoms with Gasteiger partial charge >= 0.3 is 5.97 Å². The van der Waals surface area contributed by atoms with Gasteiger partial charge in [-0.1, -0.05) is 6.07 Å². The number of carboxylic acid groups (broad SMARTS) is 1. The molecule has 1 aromatic carbocycles. The zero-order chi connectivity index (χ0) is 12.3. The second-order valence-electron chi connectivity index (χ2n) is 3.26. The van der Waals surface area contributed by atoms with E-state index in [9.17, 15) is 18.3 Å². The fraction of sp³-hybridized carbons (Fsp3) is 0.222. The number of phenols is 1. The maximum atomic E-state index is 11.2. The lowest BCUT2D eigenvalue weighted by Crippen LogP contribution is -2.22. The van der Waals surface area contributed by atoms with Crippen LogP contribution >= 0.6 is 0 Å². The van der Waals surface area contributed by atoms with Crippen LogP contribution in [0.2, 0.25) is 0 Å². The van der Waals surface area contributed by atoms with E-state index in [1.165, 1.54) is 18.2 Å². The molecular formula is C9H11NO5S. The van der Waals surface area contributed by atoms with E-state index >= 15 is 0 Å². The fourth-order valence-corrected chi connectivity index (χ4v) is 1.93. The third-order valence-corrected chi connectivity index (χ3v) is 2.97. The number of rotatable bonds is 4. The maximum absolute atomic E-state index is 11.2. The Hall–Kier alpha value is -1.76. The molecule has 0 aromatic heterocycles. The van der Waals surface area contributed by atoms with Gasteiger partial charge < -0.3 is 10.2 Å². The lowest BCUT2D eigenvalue weighted by molar-refractivity contribution is -0.134. The molecule has 88 valence electrons. The summed E-state index contributed by atoms with van der Waals surface area (Å²) in [5.74, 6) is -2.51. The molecule has 0 radical (unpaired) electrons. The molecule has 0 aliphatic carbocycles. The minimum atomic E-state index is -3.92. The van der Waals surface area contributed by atoms with Crippen LogP contribution in [0.25, 0.3) is 0 Å². The quantitative estimate of drug-likeness (QED) is 0.717. The highest BCUT2D eigenvalue weighted by Gasteiger charge is 2.15. The summed E-state index contributed by atoms with van der Waals surface area (Å²) in [6.07, 6.45) is 0. The molecule has 0 spiro atoms. The molecule has 3 N–H and O–H groups in total. The molecule has 0 atom stereocenters. The normalized spacial score (nSPS) is 11.1. The molecule has 0 amide bonds. The number of anilines is 1. The topological polar surface area (TPSA) is 104 Å². The van der Waals surface area contributed by atoms with Gasteiger partial charge in [-0.15, -0.1) is 0 Å². The summed E-state index contributed by atoms with van der Waals surface area (Å²) in [5, 5.41) is 17.7. The SMILES string of the molecule is Cc1ccc(NS(=O)(=O)CC(=O)O)cc1O. The van der Waals surface area contributed by atoms with E-state index in [-0.39, 0.29) is 11.4 Å². The summed E-state index contributed by atoms with van der Waals surface area (Å²) in [6, 6.07) is 4.18. The van der Waals surface area contributed by atoms with Crippen molar-refractivity contribution in [3.8, 4) is 5.75 Å². The number of phenolic OH excluding ortho intramolecular Hbond substituents is 1. The molecule has 7 heteroatoms. The van der Waals surface area contributed by atoms with E-state index < -0.39 is 21.7 Å². The van der Waals surface area contributed by atoms with Crippen LogP contribution in [0.5, 0.6) is 5.75 Å². The van der Waals surface area contributed by atoms with E-state index in [2.05, 4.69) is 0 Å². The number of sulfonamides is 1. The predicted molar refractivity (Wildman–Crippen MR) is 57.9 cm³/mol. The molecule has 0 bridgehead atoms. The van der Waals surface area contributed by atoms with Crippen LogP contribution in [0.1, 0.15) is 5.56 Å². The van der Waals surface area contributed by atoms with Gasteiger partial charge in [-0.05, 0) is 18.6 Å². The summed E-state index contributed by atoms with van der Waals surface area (Å²) in [5.41, 5.74) is 0.727. The summed E-state index contributed by atoms with van der Waals surface area (Å²) in [4.78, 5) is 10.3. The average Bonchev–Trinajstić information content (AvgIpc) is 2.08. The Kier molecular flexibility index (Phi) is 3.38. The van der Waals surface area contributed by atoms with Crippen molar-refractivity contribution in [2.24, 2.45) is 0 Å². The van der Waals surface area contributed by atoms with Crippen molar-refractivity contribution in [3.05, 3.63) is 23.8 Å². The first-order valence-corrected chi connectivity index (χ1v) is 5.97. The standard InChI is InChI=1S/C9H11NO5S/c1-6-2-3-7(4-8(6)11)10-16(14,15)5-9(12)13/h2-4,10-11H,5H2,1H3,(H,12,13). The molecule has 0 saturated carbocycles. The van der Waals surface area contributed by atoms with E-state index in [0.717, 1.165) is 0 Å². The molecule has 0 aliphatic heterocycles. The van der Waals surface area contributed by atoms with Gasteiger partial charge in [-0.25, -0.2) is 8.42 Å². The minimum Gasteiger partial charge on any atom is -0.508 e. The molecule has 0 heterocycles. The lowest BCUT2D eigenvalue weighted by Gasteiger charge is -2.07. The van der Waals surface area contributed by atoms with E-state index in [1.54, 1.807) is 6.92 Å². The first kappa shape index (κ1) is 12.3. The molecule has 0 fully saturated rings. The van der Waals surface area contributed by atoms with Crippen molar-refractivity contribution >= 4 is 21.7 Å². The van der Waals surface area contributed by atoms with Crippen molar-refractivity contribution in [1.29, 1.82) is 0 Å². The molecule has 1 aromatic rings. The number of hydrogen-bond acceptors (Lipinski definition) is 4. The van der Waals surface area contributed by atoms with Crippen molar-refractivity contribution in [2.45, 2.75) is 6.92 Å². The third-order valence-electron chi connectivity index (χ3n) is 1.80. The van der Waals surface area contributed by atoms with Crippen molar-refractivity contribution in [3.63, 3.8) is 0 Å². The highest BCUT2D eigenvalue weighted by atomic mass is 32.2. The Morgan fingerprint density at radius 1 is 1.44 bits per heavy atom. The number of hydrogen-bond donors (Lipinski definition) is 3. The maximum Gasteiger partial charge on any atom is 0.320 e.